The predicted molar refractivity (Wildman–Crippen MR) is 194 cm³/mol. The monoisotopic (exact) mass is 768 g/mol. The summed E-state index contributed by atoms with van der Waals surface area (Å²) in [7, 11) is 0. The molecule has 3 aliphatic heterocycles. The van der Waals surface area contributed by atoms with Crippen molar-refractivity contribution in [3.8, 4) is 11.1 Å². The van der Waals surface area contributed by atoms with E-state index in [9.17, 15) is 19.1 Å². The fourth-order valence-corrected chi connectivity index (χ4v) is 7.94. The molecular formula is C36H32Cl2F2N6O5S. The highest BCUT2D eigenvalue weighted by Gasteiger charge is 2.43. The molecule has 0 amide bonds. The van der Waals surface area contributed by atoms with Crippen LogP contribution in [-0.2, 0) is 9.53 Å². The Kier molecular flexibility index (Phi) is 10.3. The van der Waals surface area contributed by atoms with Crippen molar-refractivity contribution in [2.75, 3.05) is 44.2 Å². The number of thiazole rings is 1. The van der Waals surface area contributed by atoms with Gasteiger partial charge < -0.3 is 25.2 Å². The number of fused-ring (bicyclic) bond motifs is 1. The Morgan fingerprint density at radius 2 is 1.81 bits per heavy atom. The lowest BCUT2D eigenvalue weighted by atomic mass is 9.95. The molecule has 0 radical (unpaired) electrons. The highest BCUT2D eigenvalue weighted by Crippen LogP contribution is 2.38. The molecule has 3 aromatic carbocycles. The van der Waals surface area contributed by atoms with Crippen molar-refractivity contribution in [3.63, 3.8) is 0 Å². The molecule has 270 valence electrons. The summed E-state index contributed by atoms with van der Waals surface area (Å²) in [6, 6.07) is 11.7. The number of amidine groups is 1. The summed E-state index contributed by atoms with van der Waals surface area (Å²) < 4.78 is 35.7. The molecule has 3 atom stereocenters. The van der Waals surface area contributed by atoms with Gasteiger partial charge >= 0.3 is 11.9 Å². The number of rotatable bonds is 9. The van der Waals surface area contributed by atoms with Crippen molar-refractivity contribution in [2.24, 2.45) is 4.99 Å². The van der Waals surface area contributed by atoms with Crippen LogP contribution in [0.3, 0.4) is 0 Å². The minimum atomic E-state index is -1.29. The molecule has 0 aliphatic carbocycles. The Balaban J connectivity index is 1.14. The van der Waals surface area contributed by atoms with Gasteiger partial charge in [-0.15, -0.1) is 11.3 Å². The number of aliphatic imine (C=N–C) groups is 1. The number of nitrogens with one attached hydrogen (secondary N) is 1. The Labute approximate surface area is 311 Å². The number of carbonyl (C=O) groups excluding carboxylic acids is 1. The van der Waals surface area contributed by atoms with E-state index in [0.717, 1.165) is 6.07 Å². The summed E-state index contributed by atoms with van der Waals surface area (Å²) in [5.74, 6) is -2.91. The standard InChI is InChI=1S/C36H32Cl2F2N6O5S/c1-2-51-35(49)30-29(42-32(33-41-9-12-52-33)43-31(30)25-7-4-20(37)14-26(25)38)18-44-10-11-45-22(16-44)17-46(36(45)50)21-5-8-24(28(40)15-21)23-6-3-19(34(47)48)13-27(23)39/h3-9,12-15,22,31,36,50H,2,10-11,16-18H2,1H3,(H,42,43)(H,47,48)/t22-,31-,36?/m0/s1. The van der Waals surface area contributed by atoms with Crippen molar-refractivity contribution in [1.82, 2.24) is 20.1 Å². The van der Waals surface area contributed by atoms with Gasteiger partial charge in [0.05, 0.1) is 17.7 Å². The van der Waals surface area contributed by atoms with Crippen LogP contribution in [0.2, 0.25) is 10.0 Å². The molecule has 16 heteroatoms. The fraction of sp³-hybridized carbons (Fsp3) is 0.278. The van der Waals surface area contributed by atoms with Crippen molar-refractivity contribution in [2.45, 2.75) is 25.4 Å². The van der Waals surface area contributed by atoms with E-state index in [-0.39, 0.29) is 29.3 Å². The van der Waals surface area contributed by atoms with Crippen LogP contribution in [-0.4, -0.2) is 94.5 Å². The van der Waals surface area contributed by atoms with Gasteiger partial charge in [0.2, 0.25) is 0 Å². The van der Waals surface area contributed by atoms with Crippen LogP contribution in [0, 0.1) is 11.6 Å². The van der Waals surface area contributed by atoms with E-state index in [4.69, 9.17) is 38.0 Å². The summed E-state index contributed by atoms with van der Waals surface area (Å²) in [5, 5.41) is 27.1. The lowest BCUT2D eigenvalue weighted by Crippen LogP contribution is -2.54. The smallest absolute Gasteiger partial charge is 0.338 e. The summed E-state index contributed by atoms with van der Waals surface area (Å²) in [6.07, 6.45) is 0.636. The summed E-state index contributed by atoms with van der Waals surface area (Å²) in [5.41, 5.74) is 1.55. The second-order valence-corrected chi connectivity index (χ2v) is 14.1. The Morgan fingerprint density at radius 3 is 2.48 bits per heavy atom. The highest BCUT2D eigenvalue weighted by atomic mass is 35.5. The van der Waals surface area contributed by atoms with Crippen LogP contribution >= 0.6 is 34.5 Å². The minimum absolute atomic E-state index is 0.0275. The molecule has 2 saturated heterocycles. The highest BCUT2D eigenvalue weighted by molar-refractivity contribution is 7.11. The third kappa shape index (κ3) is 7.01. The number of benzene rings is 3. The van der Waals surface area contributed by atoms with Gasteiger partial charge in [0.25, 0.3) is 0 Å². The van der Waals surface area contributed by atoms with E-state index in [0.29, 0.717) is 76.1 Å². The number of halogens is 4. The number of carboxylic acids is 1. The van der Waals surface area contributed by atoms with Gasteiger partial charge in [0.1, 0.15) is 17.7 Å². The number of aromatic nitrogens is 1. The number of esters is 1. The van der Waals surface area contributed by atoms with Gasteiger partial charge in [0.15, 0.2) is 17.2 Å². The lowest BCUT2D eigenvalue weighted by Gasteiger charge is -2.39. The van der Waals surface area contributed by atoms with Gasteiger partial charge in [-0.2, -0.15) is 0 Å². The number of anilines is 1. The normalized spacial score (nSPS) is 20.8. The molecular weight excluding hydrogens is 737 g/mol. The molecule has 2 fully saturated rings. The number of hydrogen-bond donors (Lipinski definition) is 3. The van der Waals surface area contributed by atoms with Gasteiger partial charge in [0, 0.05) is 88.5 Å². The Morgan fingerprint density at radius 1 is 1.04 bits per heavy atom. The molecule has 0 spiro atoms. The third-order valence-corrected chi connectivity index (χ3v) is 10.6. The molecule has 3 aliphatic rings. The van der Waals surface area contributed by atoms with Crippen molar-refractivity contribution >= 4 is 58.0 Å². The topological polar surface area (TPSA) is 131 Å². The van der Waals surface area contributed by atoms with Gasteiger partial charge in [-0.05, 0) is 49.4 Å². The molecule has 1 aromatic heterocycles. The van der Waals surface area contributed by atoms with Gasteiger partial charge in [-0.1, -0.05) is 35.3 Å². The molecule has 3 N–H and O–H groups in total. The Bertz CT molecular complexity index is 2100. The molecule has 4 aromatic rings. The van der Waals surface area contributed by atoms with Crippen molar-refractivity contribution < 1.29 is 33.3 Å². The molecule has 0 bridgehead atoms. The van der Waals surface area contributed by atoms with Crippen LogP contribution in [0.1, 0.15) is 33.9 Å². The first-order valence-corrected chi connectivity index (χ1v) is 18.0. The average Bonchev–Trinajstić information content (AvgIpc) is 3.77. The molecule has 4 heterocycles. The maximum absolute atomic E-state index is 15.4. The second-order valence-electron chi connectivity index (χ2n) is 12.4. The van der Waals surface area contributed by atoms with Gasteiger partial charge in [-0.3, -0.25) is 14.8 Å². The number of carbonyl (C=O) groups is 2. The quantitative estimate of drug-likeness (QED) is 0.180. The van der Waals surface area contributed by atoms with Crippen LogP contribution < -0.4 is 10.2 Å². The number of piperazine rings is 1. The van der Waals surface area contributed by atoms with E-state index in [1.807, 2.05) is 10.3 Å². The molecule has 0 saturated carbocycles. The zero-order valence-electron chi connectivity index (χ0n) is 27.6. The fourth-order valence-electron chi connectivity index (χ4n) is 6.84. The Hall–Kier alpha value is -4.44. The number of ether oxygens (including phenoxy) is 1. The van der Waals surface area contributed by atoms with Crippen molar-refractivity contribution in [1.29, 1.82) is 0 Å². The first kappa shape index (κ1) is 35.9. The summed E-state index contributed by atoms with van der Waals surface area (Å²) in [6.45, 7) is 4.09. The van der Waals surface area contributed by atoms with Crippen LogP contribution in [0.4, 0.5) is 14.5 Å². The first-order valence-electron chi connectivity index (χ1n) is 16.4. The van der Waals surface area contributed by atoms with Crippen LogP contribution in [0.15, 0.2) is 82.4 Å². The number of aromatic carboxylic acids is 1. The number of nitrogens with zero attached hydrogens (tertiary/aromatic N) is 5. The van der Waals surface area contributed by atoms with E-state index in [1.54, 1.807) is 42.3 Å². The van der Waals surface area contributed by atoms with E-state index >= 15 is 4.39 Å². The van der Waals surface area contributed by atoms with E-state index in [2.05, 4.69) is 15.2 Å². The average molecular weight is 770 g/mol. The lowest BCUT2D eigenvalue weighted by molar-refractivity contribution is -0.139. The zero-order valence-corrected chi connectivity index (χ0v) is 29.9. The summed E-state index contributed by atoms with van der Waals surface area (Å²) in [4.78, 5) is 39.9. The predicted octanol–water partition coefficient (Wildman–Crippen LogP) is 5.78. The minimum Gasteiger partial charge on any atom is -0.478 e. The van der Waals surface area contributed by atoms with Crippen molar-refractivity contribution in [3.05, 3.63) is 115 Å². The second kappa shape index (κ2) is 14.9. The molecule has 7 rings (SSSR count). The third-order valence-electron chi connectivity index (χ3n) is 9.28. The number of aliphatic hydroxyl groups is 1. The maximum Gasteiger partial charge on any atom is 0.338 e. The number of aliphatic hydroxyl groups excluding tert-OH is 1. The van der Waals surface area contributed by atoms with Crippen LogP contribution in [0.5, 0.6) is 0 Å². The molecule has 1 unspecified atom stereocenters. The van der Waals surface area contributed by atoms with E-state index < -0.39 is 36.0 Å². The number of hydrogen-bond acceptors (Lipinski definition) is 11. The zero-order chi connectivity index (χ0) is 36.7. The summed E-state index contributed by atoms with van der Waals surface area (Å²) >= 11 is 14.3. The van der Waals surface area contributed by atoms with E-state index in [1.165, 1.54) is 35.6 Å². The van der Waals surface area contributed by atoms with Crippen LogP contribution in [0.25, 0.3) is 11.1 Å². The SMILES string of the molecule is CCOC(=O)C1=C(CN2CCN3C(O)N(c4ccc(-c5ccc(C(=O)O)cc5F)c(F)c4)C[C@@H]3C2)NC(c2nccs2)=N[C@H]1c1ccc(Cl)cc1Cl. The maximum atomic E-state index is 15.4. The molecule has 52 heavy (non-hydrogen) atoms. The number of carboxylic acid groups (broad SMARTS) is 1. The first-order chi connectivity index (χ1) is 25.0. The van der Waals surface area contributed by atoms with Gasteiger partial charge in [-0.25, -0.2) is 23.4 Å². The largest absolute Gasteiger partial charge is 0.478 e. The molecule has 11 nitrogen and oxygen atoms in total.